The lowest BCUT2D eigenvalue weighted by Gasteiger charge is -2.13. The summed E-state index contributed by atoms with van der Waals surface area (Å²) in [6, 6.07) is 4.29. The highest BCUT2D eigenvalue weighted by Crippen LogP contribution is 2.19. The van der Waals surface area contributed by atoms with Crippen LogP contribution in [0.25, 0.3) is 0 Å². The van der Waals surface area contributed by atoms with Crippen LogP contribution in [0.3, 0.4) is 0 Å². The molecule has 0 spiro atoms. The highest BCUT2D eigenvalue weighted by atomic mass is 15.0. The number of hydrogen-bond acceptors (Lipinski definition) is 3. The fourth-order valence-corrected chi connectivity index (χ4v) is 1.66. The summed E-state index contributed by atoms with van der Waals surface area (Å²) in [6.45, 7) is 1.90. The molecule has 0 radical (unpaired) electrons. The zero-order chi connectivity index (χ0) is 8.39. The van der Waals surface area contributed by atoms with Crippen LogP contribution >= 0.6 is 0 Å². The molecule has 1 saturated heterocycles. The molecule has 0 aliphatic carbocycles. The molecule has 0 bridgehead atoms. The zero-order valence-electron chi connectivity index (χ0n) is 6.90. The van der Waals surface area contributed by atoms with Crippen LogP contribution in [0.4, 0.5) is 0 Å². The van der Waals surface area contributed by atoms with Crippen molar-refractivity contribution < 1.29 is 0 Å². The Morgan fingerprint density at radius 1 is 1.50 bits per heavy atom. The van der Waals surface area contributed by atoms with Crippen LogP contribution in [0.2, 0.25) is 0 Å². The van der Waals surface area contributed by atoms with Crippen molar-refractivity contribution in [3.05, 3.63) is 30.1 Å². The number of pyridine rings is 1. The van der Waals surface area contributed by atoms with Gasteiger partial charge in [-0.15, -0.1) is 0 Å². The van der Waals surface area contributed by atoms with E-state index in [4.69, 9.17) is 5.73 Å². The Labute approximate surface area is 72.0 Å². The number of aromatic nitrogens is 1. The van der Waals surface area contributed by atoms with E-state index in [0.717, 1.165) is 13.1 Å². The Hall–Kier alpha value is -0.930. The highest BCUT2D eigenvalue weighted by molar-refractivity contribution is 5.19. The summed E-state index contributed by atoms with van der Waals surface area (Å²) in [5, 5.41) is 3.27. The Bertz CT molecular complexity index is 247. The predicted octanol–water partition coefficient (Wildman–Crippen LogP) is 0.0957. The first-order chi connectivity index (χ1) is 5.88. The van der Waals surface area contributed by atoms with Crippen LogP contribution in [0.5, 0.6) is 0 Å². The number of nitrogens with one attached hydrogen (secondary N) is 1. The van der Waals surface area contributed by atoms with E-state index >= 15 is 0 Å². The number of rotatable bonds is 1. The summed E-state index contributed by atoms with van der Waals surface area (Å²) in [6.07, 6.45) is 3.69. The molecule has 1 fully saturated rings. The summed E-state index contributed by atoms with van der Waals surface area (Å²) >= 11 is 0. The molecule has 0 unspecified atom stereocenters. The van der Waals surface area contributed by atoms with Crippen molar-refractivity contribution in [2.45, 2.75) is 12.0 Å². The Kier molecular flexibility index (Phi) is 2.06. The summed E-state index contributed by atoms with van der Waals surface area (Å²) in [4.78, 5) is 4.08. The van der Waals surface area contributed by atoms with Gasteiger partial charge in [-0.1, -0.05) is 6.07 Å². The smallest absolute Gasteiger partial charge is 0.0303 e. The molecule has 1 aliphatic heterocycles. The number of nitrogens with zero attached hydrogens (tertiary/aromatic N) is 1. The van der Waals surface area contributed by atoms with E-state index < -0.39 is 0 Å². The quantitative estimate of drug-likeness (QED) is 0.617. The average molecular weight is 163 g/mol. The van der Waals surface area contributed by atoms with Gasteiger partial charge >= 0.3 is 0 Å². The molecule has 1 aromatic heterocycles. The van der Waals surface area contributed by atoms with E-state index in [1.54, 1.807) is 6.20 Å². The fourth-order valence-electron chi connectivity index (χ4n) is 1.66. The van der Waals surface area contributed by atoms with Crippen molar-refractivity contribution in [1.29, 1.82) is 0 Å². The van der Waals surface area contributed by atoms with Gasteiger partial charge in [0.1, 0.15) is 0 Å². The molecule has 0 saturated carbocycles. The second-order valence-corrected chi connectivity index (χ2v) is 3.21. The fraction of sp³-hybridized carbons (Fsp3) is 0.444. The van der Waals surface area contributed by atoms with Gasteiger partial charge in [0.25, 0.3) is 0 Å². The Balaban J connectivity index is 2.19. The van der Waals surface area contributed by atoms with Crippen LogP contribution in [0.15, 0.2) is 24.5 Å². The second kappa shape index (κ2) is 3.21. The maximum atomic E-state index is 5.92. The second-order valence-electron chi connectivity index (χ2n) is 3.21. The van der Waals surface area contributed by atoms with Crippen molar-refractivity contribution in [2.75, 3.05) is 13.1 Å². The Morgan fingerprint density at radius 2 is 2.42 bits per heavy atom. The molecular weight excluding hydrogens is 150 g/mol. The monoisotopic (exact) mass is 163 g/mol. The summed E-state index contributed by atoms with van der Waals surface area (Å²) in [5.41, 5.74) is 7.17. The van der Waals surface area contributed by atoms with Crippen molar-refractivity contribution in [3.63, 3.8) is 0 Å². The van der Waals surface area contributed by atoms with Crippen LogP contribution in [0, 0.1) is 0 Å². The van der Waals surface area contributed by atoms with Crippen molar-refractivity contribution in [1.82, 2.24) is 10.3 Å². The topological polar surface area (TPSA) is 50.9 Å². The molecular formula is C9H13N3. The minimum atomic E-state index is 0.245. The third-order valence-electron chi connectivity index (χ3n) is 2.37. The highest BCUT2D eigenvalue weighted by Gasteiger charge is 2.24. The largest absolute Gasteiger partial charge is 0.326 e. The standard InChI is InChI=1S/C9H13N3/c10-9-6-12-5-8(9)7-2-1-3-11-4-7/h1-4,8-9,12H,5-6,10H2/t8-,9-/m0/s1. The first-order valence-corrected chi connectivity index (χ1v) is 4.24. The molecule has 0 aromatic carbocycles. The van der Waals surface area contributed by atoms with Gasteiger partial charge < -0.3 is 11.1 Å². The third-order valence-corrected chi connectivity index (χ3v) is 2.37. The van der Waals surface area contributed by atoms with Gasteiger partial charge in [0.2, 0.25) is 0 Å². The lowest BCUT2D eigenvalue weighted by atomic mass is 9.97. The molecule has 3 nitrogen and oxygen atoms in total. The van der Waals surface area contributed by atoms with Crippen molar-refractivity contribution >= 4 is 0 Å². The molecule has 1 aromatic rings. The van der Waals surface area contributed by atoms with E-state index in [-0.39, 0.29) is 6.04 Å². The van der Waals surface area contributed by atoms with E-state index in [2.05, 4.69) is 16.4 Å². The molecule has 0 amide bonds. The maximum Gasteiger partial charge on any atom is 0.0303 e. The third kappa shape index (κ3) is 1.33. The maximum absolute atomic E-state index is 5.92. The van der Waals surface area contributed by atoms with Crippen LogP contribution < -0.4 is 11.1 Å². The van der Waals surface area contributed by atoms with E-state index in [0.29, 0.717) is 5.92 Å². The summed E-state index contributed by atoms with van der Waals surface area (Å²) in [5.74, 6) is 0.443. The van der Waals surface area contributed by atoms with Gasteiger partial charge in [-0.05, 0) is 11.6 Å². The molecule has 2 rings (SSSR count). The van der Waals surface area contributed by atoms with Crippen LogP contribution in [-0.2, 0) is 0 Å². The van der Waals surface area contributed by atoms with E-state index in [1.807, 2.05) is 12.3 Å². The van der Waals surface area contributed by atoms with Gasteiger partial charge in [0.05, 0.1) is 0 Å². The van der Waals surface area contributed by atoms with Crippen molar-refractivity contribution in [2.24, 2.45) is 5.73 Å². The van der Waals surface area contributed by atoms with Crippen LogP contribution in [-0.4, -0.2) is 24.1 Å². The lowest BCUT2D eigenvalue weighted by molar-refractivity contribution is 0.651. The lowest BCUT2D eigenvalue weighted by Crippen LogP contribution is -2.27. The van der Waals surface area contributed by atoms with Gasteiger partial charge in [-0.3, -0.25) is 4.98 Å². The normalized spacial score (nSPS) is 29.1. The summed E-state index contributed by atoms with van der Waals surface area (Å²) < 4.78 is 0. The van der Waals surface area contributed by atoms with Gasteiger partial charge in [-0.2, -0.15) is 0 Å². The SMILES string of the molecule is N[C@H]1CNC[C@H]1c1cccnc1. The first-order valence-electron chi connectivity index (χ1n) is 4.24. The van der Waals surface area contributed by atoms with Crippen LogP contribution in [0.1, 0.15) is 11.5 Å². The molecule has 12 heavy (non-hydrogen) atoms. The molecule has 1 aliphatic rings. The average Bonchev–Trinajstić information content (AvgIpc) is 2.53. The number of hydrogen-bond donors (Lipinski definition) is 2. The van der Waals surface area contributed by atoms with Gasteiger partial charge in [-0.25, -0.2) is 0 Å². The minimum absolute atomic E-state index is 0.245. The van der Waals surface area contributed by atoms with Crippen molar-refractivity contribution in [3.8, 4) is 0 Å². The zero-order valence-corrected chi connectivity index (χ0v) is 6.90. The molecule has 2 heterocycles. The van der Waals surface area contributed by atoms with E-state index in [1.165, 1.54) is 5.56 Å². The first kappa shape index (κ1) is 7.71. The van der Waals surface area contributed by atoms with Gasteiger partial charge in [0, 0.05) is 37.4 Å². The summed E-state index contributed by atoms with van der Waals surface area (Å²) in [7, 11) is 0. The van der Waals surface area contributed by atoms with Gasteiger partial charge in [0.15, 0.2) is 0 Å². The minimum Gasteiger partial charge on any atom is -0.326 e. The molecule has 3 heteroatoms. The molecule has 3 N–H and O–H groups in total. The molecule has 64 valence electrons. The van der Waals surface area contributed by atoms with E-state index in [9.17, 15) is 0 Å². The Morgan fingerprint density at radius 3 is 3.00 bits per heavy atom. The predicted molar refractivity (Wildman–Crippen MR) is 47.8 cm³/mol. The molecule has 2 atom stereocenters. The number of nitrogens with two attached hydrogens (primary N) is 1.